The van der Waals surface area contributed by atoms with E-state index in [1.54, 1.807) is 20.1 Å². The van der Waals surface area contributed by atoms with Gasteiger partial charge in [0.25, 0.3) is 0 Å². The topological polar surface area (TPSA) is 70.7 Å². The number of nitrogens with zero attached hydrogens (tertiary/aromatic N) is 1. The number of amides is 2. The van der Waals surface area contributed by atoms with E-state index in [-0.39, 0.29) is 11.8 Å². The van der Waals surface area contributed by atoms with Crippen molar-refractivity contribution in [3.8, 4) is 5.75 Å². The van der Waals surface area contributed by atoms with Crippen molar-refractivity contribution in [1.82, 2.24) is 10.6 Å². The number of methoxy groups -OCH3 is 1. The maximum absolute atomic E-state index is 12.4. The van der Waals surface area contributed by atoms with Gasteiger partial charge in [0.15, 0.2) is 0 Å². The van der Waals surface area contributed by atoms with Gasteiger partial charge >= 0.3 is 0 Å². The maximum atomic E-state index is 12.4. The number of benzene rings is 2. The average molecular weight is 456 g/mol. The van der Waals surface area contributed by atoms with Crippen LogP contribution in [0.15, 0.2) is 48.5 Å². The molecule has 0 saturated carbocycles. The van der Waals surface area contributed by atoms with E-state index >= 15 is 0 Å². The Morgan fingerprint density at radius 3 is 2.72 bits per heavy atom. The molecule has 2 atom stereocenters. The summed E-state index contributed by atoms with van der Waals surface area (Å²) in [6, 6.07) is 12.7. The van der Waals surface area contributed by atoms with Gasteiger partial charge in [0.2, 0.25) is 11.8 Å². The standard InChI is InChI=1S/C25H30ClN3O3/c1-17-4-8-21(26)14-23(17)29-13-12-20(16-29)15-27-25(31)18(2)28-24(30)11-7-19-5-9-22(32-3)10-6-19/h4-11,14,18,20H,12-13,15-16H2,1-3H3,(H,27,31)(H,28,30)/b11-7+. The molecular weight excluding hydrogens is 426 g/mol. The summed E-state index contributed by atoms with van der Waals surface area (Å²) < 4.78 is 5.12. The molecule has 0 bridgehead atoms. The molecule has 170 valence electrons. The van der Waals surface area contributed by atoms with Crippen LogP contribution in [0.25, 0.3) is 6.08 Å². The second kappa shape index (κ2) is 11.0. The third kappa shape index (κ3) is 6.50. The highest BCUT2D eigenvalue weighted by Crippen LogP contribution is 2.29. The van der Waals surface area contributed by atoms with E-state index in [0.717, 1.165) is 41.5 Å². The summed E-state index contributed by atoms with van der Waals surface area (Å²) >= 11 is 6.15. The van der Waals surface area contributed by atoms with E-state index in [1.807, 2.05) is 42.5 Å². The van der Waals surface area contributed by atoms with Crippen molar-refractivity contribution in [2.45, 2.75) is 26.3 Å². The number of anilines is 1. The highest BCUT2D eigenvalue weighted by Gasteiger charge is 2.25. The molecular formula is C25H30ClN3O3. The maximum Gasteiger partial charge on any atom is 0.244 e. The zero-order valence-electron chi connectivity index (χ0n) is 18.7. The Hall–Kier alpha value is -2.99. The van der Waals surface area contributed by atoms with Gasteiger partial charge in [-0.15, -0.1) is 0 Å². The summed E-state index contributed by atoms with van der Waals surface area (Å²) in [6.07, 6.45) is 4.12. The number of carbonyl (C=O) groups is 2. The number of halogens is 1. The van der Waals surface area contributed by atoms with Gasteiger partial charge in [0.1, 0.15) is 11.8 Å². The van der Waals surface area contributed by atoms with Crippen LogP contribution in [0.5, 0.6) is 5.75 Å². The Balaban J connectivity index is 1.43. The van der Waals surface area contributed by atoms with Crippen LogP contribution in [-0.4, -0.2) is 44.6 Å². The second-order valence-corrected chi connectivity index (χ2v) is 8.55. The van der Waals surface area contributed by atoms with E-state index in [2.05, 4.69) is 22.5 Å². The molecule has 2 aromatic rings. The molecule has 1 aliphatic heterocycles. The summed E-state index contributed by atoms with van der Waals surface area (Å²) in [4.78, 5) is 26.9. The Morgan fingerprint density at radius 2 is 2.00 bits per heavy atom. The van der Waals surface area contributed by atoms with Crippen LogP contribution in [-0.2, 0) is 9.59 Å². The first-order chi connectivity index (χ1) is 15.4. The number of hydrogen-bond donors (Lipinski definition) is 2. The van der Waals surface area contributed by atoms with Crippen LogP contribution in [0.2, 0.25) is 5.02 Å². The van der Waals surface area contributed by atoms with Gasteiger partial charge in [-0.05, 0) is 67.7 Å². The summed E-state index contributed by atoms with van der Waals surface area (Å²) in [5.74, 6) is 0.612. The number of nitrogens with one attached hydrogen (secondary N) is 2. The van der Waals surface area contributed by atoms with Crippen molar-refractivity contribution in [2.24, 2.45) is 5.92 Å². The van der Waals surface area contributed by atoms with Crippen LogP contribution in [0.4, 0.5) is 5.69 Å². The first kappa shape index (κ1) is 23.7. The monoisotopic (exact) mass is 455 g/mol. The smallest absolute Gasteiger partial charge is 0.244 e. The lowest BCUT2D eigenvalue weighted by Gasteiger charge is -2.21. The van der Waals surface area contributed by atoms with E-state index < -0.39 is 6.04 Å². The van der Waals surface area contributed by atoms with E-state index in [1.165, 1.54) is 11.6 Å². The van der Waals surface area contributed by atoms with Gasteiger partial charge in [-0.1, -0.05) is 29.8 Å². The number of ether oxygens (including phenoxy) is 1. The molecule has 7 heteroatoms. The highest BCUT2D eigenvalue weighted by atomic mass is 35.5. The first-order valence-electron chi connectivity index (χ1n) is 10.8. The van der Waals surface area contributed by atoms with Gasteiger partial charge in [-0.25, -0.2) is 0 Å². The Kier molecular flexibility index (Phi) is 8.17. The molecule has 1 heterocycles. The Morgan fingerprint density at radius 1 is 1.25 bits per heavy atom. The number of rotatable bonds is 8. The molecule has 2 unspecified atom stereocenters. The predicted molar refractivity (Wildman–Crippen MR) is 129 cm³/mol. The number of carbonyl (C=O) groups excluding carboxylic acids is 2. The third-order valence-electron chi connectivity index (χ3n) is 5.66. The molecule has 1 fully saturated rings. The minimum Gasteiger partial charge on any atom is -0.497 e. The molecule has 3 rings (SSSR count). The van der Waals surface area contributed by atoms with Gasteiger partial charge < -0.3 is 20.3 Å². The molecule has 0 aliphatic carbocycles. The number of aryl methyl sites for hydroxylation is 1. The molecule has 0 aromatic heterocycles. The van der Waals surface area contributed by atoms with Gasteiger partial charge in [0.05, 0.1) is 7.11 Å². The molecule has 2 amide bonds. The molecule has 6 nitrogen and oxygen atoms in total. The molecule has 0 spiro atoms. The quantitative estimate of drug-likeness (QED) is 0.594. The van der Waals surface area contributed by atoms with E-state index in [0.29, 0.717) is 12.5 Å². The van der Waals surface area contributed by atoms with Crippen molar-refractivity contribution >= 4 is 35.2 Å². The fourth-order valence-electron chi connectivity index (χ4n) is 3.75. The highest BCUT2D eigenvalue weighted by molar-refractivity contribution is 6.30. The van der Waals surface area contributed by atoms with Crippen LogP contribution >= 0.6 is 11.6 Å². The largest absolute Gasteiger partial charge is 0.497 e. The minimum atomic E-state index is -0.615. The van der Waals surface area contributed by atoms with Crippen molar-refractivity contribution < 1.29 is 14.3 Å². The lowest BCUT2D eigenvalue weighted by molar-refractivity contribution is -0.126. The molecule has 2 N–H and O–H groups in total. The van der Waals surface area contributed by atoms with Gasteiger partial charge in [-0.2, -0.15) is 0 Å². The zero-order valence-corrected chi connectivity index (χ0v) is 19.5. The van der Waals surface area contributed by atoms with Crippen molar-refractivity contribution in [3.63, 3.8) is 0 Å². The van der Waals surface area contributed by atoms with Crippen LogP contribution in [0, 0.1) is 12.8 Å². The van der Waals surface area contributed by atoms with Gasteiger partial charge in [0, 0.05) is 36.4 Å². The second-order valence-electron chi connectivity index (χ2n) is 8.11. The van der Waals surface area contributed by atoms with E-state index in [9.17, 15) is 9.59 Å². The lowest BCUT2D eigenvalue weighted by atomic mass is 10.1. The summed E-state index contributed by atoms with van der Waals surface area (Å²) in [7, 11) is 1.60. The molecule has 2 aromatic carbocycles. The van der Waals surface area contributed by atoms with Crippen molar-refractivity contribution in [3.05, 3.63) is 64.7 Å². The number of hydrogen-bond acceptors (Lipinski definition) is 4. The summed E-state index contributed by atoms with van der Waals surface area (Å²) in [5.41, 5.74) is 3.22. The van der Waals surface area contributed by atoms with E-state index in [4.69, 9.17) is 16.3 Å². The SMILES string of the molecule is COc1ccc(/C=C/C(=O)NC(C)C(=O)NCC2CCN(c3cc(Cl)ccc3C)C2)cc1. The summed E-state index contributed by atoms with van der Waals surface area (Å²) in [5, 5.41) is 6.41. The molecule has 1 aliphatic rings. The van der Waals surface area contributed by atoms with Crippen LogP contribution < -0.4 is 20.3 Å². The summed E-state index contributed by atoms with van der Waals surface area (Å²) in [6.45, 7) is 6.15. The predicted octanol–water partition coefficient (Wildman–Crippen LogP) is 3.82. The zero-order chi connectivity index (χ0) is 23.1. The van der Waals surface area contributed by atoms with Gasteiger partial charge in [-0.3, -0.25) is 9.59 Å². The Labute approximate surface area is 194 Å². The van der Waals surface area contributed by atoms with Crippen molar-refractivity contribution in [2.75, 3.05) is 31.6 Å². The molecule has 1 saturated heterocycles. The fraction of sp³-hybridized carbons (Fsp3) is 0.360. The third-order valence-corrected chi connectivity index (χ3v) is 5.89. The minimum absolute atomic E-state index is 0.186. The first-order valence-corrected chi connectivity index (χ1v) is 11.1. The van der Waals surface area contributed by atoms with Crippen LogP contribution in [0.1, 0.15) is 24.5 Å². The van der Waals surface area contributed by atoms with Crippen molar-refractivity contribution in [1.29, 1.82) is 0 Å². The molecule has 0 radical (unpaired) electrons. The van der Waals surface area contributed by atoms with Crippen LogP contribution in [0.3, 0.4) is 0 Å². The Bertz CT molecular complexity index is 975. The normalized spacial score (nSPS) is 16.8. The fourth-order valence-corrected chi connectivity index (χ4v) is 3.92. The average Bonchev–Trinajstić information content (AvgIpc) is 3.26. The molecule has 32 heavy (non-hydrogen) atoms. The lowest BCUT2D eigenvalue weighted by Crippen LogP contribution is -2.45.